The summed E-state index contributed by atoms with van der Waals surface area (Å²) in [4.78, 5) is 35.7. The molecule has 0 aromatic heterocycles. The number of likely N-dealkylation sites (tertiary alicyclic amines) is 1. The molecule has 3 N–H and O–H groups in total. The Balaban J connectivity index is 2.61. The monoisotopic (exact) mass is 286 g/mol. The maximum Gasteiger partial charge on any atom is 0.308 e. The second kappa shape index (κ2) is 6.21. The molecule has 0 spiro atoms. The van der Waals surface area contributed by atoms with Gasteiger partial charge in [0.15, 0.2) is 0 Å². The molecule has 0 radical (unpaired) electrons. The van der Waals surface area contributed by atoms with Gasteiger partial charge in [-0.1, -0.05) is 0 Å². The predicted octanol–water partition coefficient (Wildman–Crippen LogP) is 0.00840. The van der Waals surface area contributed by atoms with Crippen LogP contribution in [0.5, 0.6) is 0 Å². The highest BCUT2D eigenvalue weighted by molar-refractivity contribution is 5.81. The summed E-state index contributed by atoms with van der Waals surface area (Å²) in [6.07, 6.45) is 0.245. The fourth-order valence-corrected chi connectivity index (χ4v) is 2.37. The van der Waals surface area contributed by atoms with Crippen molar-refractivity contribution in [3.05, 3.63) is 0 Å². The van der Waals surface area contributed by atoms with Gasteiger partial charge in [0.1, 0.15) is 0 Å². The lowest BCUT2D eigenvalue weighted by Gasteiger charge is -2.34. The number of carboxylic acid groups (broad SMARTS) is 2. The highest BCUT2D eigenvalue weighted by Crippen LogP contribution is 2.24. The van der Waals surface area contributed by atoms with Crippen LogP contribution in [0.3, 0.4) is 0 Å². The normalized spacial score (nSPS) is 24.1. The molecule has 1 saturated heterocycles. The number of aliphatic carboxylic acids is 2. The van der Waals surface area contributed by atoms with Crippen molar-refractivity contribution in [2.45, 2.75) is 32.7 Å². The third-order valence-electron chi connectivity index (χ3n) is 3.21. The number of carbonyl (C=O) groups excluding carboxylic acids is 1. The van der Waals surface area contributed by atoms with Crippen LogP contribution in [-0.4, -0.2) is 58.1 Å². The number of piperidine rings is 1. The van der Waals surface area contributed by atoms with E-state index in [2.05, 4.69) is 5.32 Å². The fraction of sp³-hybridized carbons (Fsp3) is 0.769. The van der Waals surface area contributed by atoms with Crippen LogP contribution in [0.4, 0.5) is 0 Å². The molecule has 1 aliphatic heterocycles. The van der Waals surface area contributed by atoms with Crippen LogP contribution in [-0.2, 0) is 14.4 Å². The minimum absolute atomic E-state index is 0.0872. The highest BCUT2D eigenvalue weighted by atomic mass is 16.4. The molecule has 2 atom stereocenters. The lowest BCUT2D eigenvalue weighted by atomic mass is 9.85. The largest absolute Gasteiger partial charge is 0.481 e. The fourth-order valence-electron chi connectivity index (χ4n) is 2.37. The number of nitrogens with one attached hydrogen (secondary N) is 1. The van der Waals surface area contributed by atoms with Crippen molar-refractivity contribution >= 4 is 17.8 Å². The SMILES string of the molecule is CC(C)(C)NC(=O)CN1CCC(C(=O)O)C(C(=O)O)C1. The van der Waals surface area contributed by atoms with Gasteiger partial charge in [0.05, 0.1) is 18.4 Å². The Hall–Kier alpha value is -1.63. The molecule has 1 aliphatic rings. The van der Waals surface area contributed by atoms with E-state index >= 15 is 0 Å². The Morgan fingerprint density at radius 2 is 1.70 bits per heavy atom. The van der Waals surface area contributed by atoms with E-state index in [0.29, 0.717) is 6.54 Å². The first-order chi connectivity index (χ1) is 9.10. The van der Waals surface area contributed by atoms with Gasteiger partial charge in [-0.3, -0.25) is 19.3 Å². The first-order valence-electron chi connectivity index (χ1n) is 6.59. The summed E-state index contributed by atoms with van der Waals surface area (Å²) < 4.78 is 0. The van der Waals surface area contributed by atoms with Gasteiger partial charge in [-0.15, -0.1) is 0 Å². The quantitative estimate of drug-likeness (QED) is 0.672. The smallest absolute Gasteiger partial charge is 0.308 e. The topological polar surface area (TPSA) is 107 Å². The van der Waals surface area contributed by atoms with E-state index < -0.39 is 23.8 Å². The molecule has 20 heavy (non-hydrogen) atoms. The van der Waals surface area contributed by atoms with Crippen LogP contribution in [0.2, 0.25) is 0 Å². The van der Waals surface area contributed by atoms with Gasteiger partial charge in [0.25, 0.3) is 0 Å². The predicted molar refractivity (Wildman–Crippen MR) is 71.2 cm³/mol. The van der Waals surface area contributed by atoms with E-state index in [-0.39, 0.29) is 31.0 Å². The van der Waals surface area contributed by atoms with E-state index in [0.717, 1.165) is 0 Å². The lowest BCUT2D eigenvalue weighted by molar-refractivity contribution is -0.157. The third-order valence-corrected chi connectivity index (χ3v) is 3.21. The summed E-state index contributed by atoms with van der Waals surface area (Å²) in [5.74, 6) is -4.25. The van der Waals surface area contributed by atoms with E-state index in [9.17, 15) is 14.4 Å². The molecule has 1 heterocycles. The Morgan fingerprint density at radius 1 is 1.15 bits per heavy atom. The zero-order valence-corrected chi connectivity index (χ0v) is 12.0. The molecule has 1 fully saturated rings. The number of rotatable bonds is 4. The van der Waals surface area contributed by atoms with Crippen molar-refractivity contribution in [1.29, 1.82) is 0 Å². The summed E-state index contributed by atoms with van der Waals surface area (Å²) in [7, 11) is 0. The standard InChI is InChI=1S/C13H22N2O5/c1-13(2,3)14-10(16)7-15-5-4-8(11(17)18)9(6-15)12(19)20/h8-9H,4-7H2,1-3H3,(H,14,16)(H,17,18)(H,19,20). The summed E-state index contributed by atoms with van der Waals surface area (Å²) in [5, 5.41) is 20.9. The molecule has 0 saturated carbocycles. The Labute approximate surface area is 117 Å². The van der Waals surface area contributed by atoms with Gasteiger partial charge < -0.3 is 15.5 Å². The number of carbonyl (C=O) groups is 3. The van der Waals surface area contributed by atoms with Gasteiger partial charge in [0.2, 0.25) is 5.91 Å². The number of carboxylic acids is 2. The molecule has 1 rings (SSSR count). The maximum absolute atomic E-state index is 11.8. The average molecular weight is 286 g/mol. The minimum Gasteiger partial charge on any atom is -0.481 e. The maximum atomic E-state index is 11.8. The van der Waals surface area contributed by atoms with Crippen molar-refractivity contribution in [2.24, 2.45) is 11.8 Å². The van der Waals surface area contributed by atoms with E-state index in [1.165, 1.54) is 0 Å². The third kappa shape index (κ3) is 4.80. The molecule has 7 nitrogen and oxygen atoms in total. The van der Waals surface area contributed by atoms with Crippen molar-refractivity contribution < 1.29 is 24.6 Å². The zero-order chi connectivity index (χ0) is 15.5. The summed E-state index contributed by atoms with van der Waals surface area (Å²) >= 11 is 0. The minimum atomic E-state index is -1.13. The van der Waals surface area contributed by atoms with Gasteiger partial charge in [-0.2, -0.15) is 0 Å². The highest BCUT2D eigenvalue weighted by Gasteiger charge is 2.39. The first-order valence-corrected chi connectivity index (χ1v) is 6.59. The molecule has 7 heteroatoms. The van der Waals surface area contributed by atoms with Gasteiger partial charge >= 0.3 is 11.9 Å². The van der Waals surface area contributed by atoms with Crippen LogP contribution in [0.15, 0.2) is 0 Å². The van der Waals surface area contributed by atoms with Crippen molar-refractivity contribution in [3.8, 4) is 0 Å². The van der Waals surface area contributed by atoms with Crippen LogP contribution in [0, 0.1) is 11.8 Å². The number of hydrogen-bond acceptors (Lipinski definition) is 4. The first kappa shape index (κ1) is 16.4. The molecule has 0 aromatic carbocycles. The van der Waals surface area contributed by atoms with E-state index in [1.54, 1.807) is 4.90 Å². The Morgan fingerprint density at radius 3 is 2.15 bits per heavy atom. The van der Waals surface area contributed by atoms with Crippen molar-refractivity contribution in [3.63, 3.8) is 0 Å². The molecule has 2 unspecified atom stereocenters. The average Bonchev–Trinajstić information content (AvgIpc) is 2.25. The van der Waals surface area contributed by atoms with Crippen molar-refractivity contribution in [1.82, 2.24) is 10.2 Å². The number of amides is 1. The van der Waals surface area contributed by atoms with E-state index in [1.807, 2.05) is 20.8 Å². The molecule has 0 aliphatic carbocycles. The molecular formula is C13H22N2O5. The van der Waals surface area contributed by atoms with Crippen LogP contribution in [0.1, 0.15) is 27.2 Å². The van der Waals surface area contributed by atoms with Gasteiger partial charge in [-0.25, -0.2) is 0 Å². The van der Waals surface area contributed by atoms with Crippen LogP contribution < -0.4 is 5.32 Å². The molecule has 1 amide bonds. The van der Waals surface area contributed by atoms with E-state index in [4.69, 9.17) is 10.2 Å². The van der Waals surface area contributed by atoms with Crippen molar-refractivity contribution in [2.75, 3.05) is 19.6 Å². The van der Waals surface area contributed by atoms with Crippen LogP contribution >= 0.6 is 0 Å². The Kier molecular flexibility index (Phi) is 5.10. The Bertz CT molecular complexity index is 402. The molecule has 114 valence electrons. The molecular weight excluding hydrogens is 264 g/mol. The summed E-state index contributed by atoms with van der Waals surface area (Å²) in [6, 6.07) is 0. The number of nitrogens with zero attached hydrogens (tertiary/aromatic N) is 1. The second-order valence-corrected chi connectivity index (χ2v) is 6.21. The second-order valence-electron chi connectivity index (χ2n) is 6.21. The molecule has 0 bridgehead atoms. The lowest BCUT2D eigenvalue weighted by Crippen LogP contribution is -2.51. The number of hydrogen-bond donors (Lipinski definition) is 3. The van der Waals surface area contributed by atoms with Gasteiger partial charge in [-0.05, 0) is 33.7 Å². The zero-order valence-electron chi connectivity index (χ0n) is 12.0. The molecule has 0 aromatic rings. The summed E-state index contributed by atoms with van der Waals surface area (Å²) in [6.45, 7) is 6.18. The van der Waals surface area contributed by atoms with Gasteiger partial charge in [0, 0.05) is 12.1 Å². The van der Waals surface area contributed by atoms with Crippen LogP contribution in [0.25, 0.3) is 0 Å². The summed E-state index contributed by atoms with van der Waals surface area (Å²) in [5.41, 5.74) is -0.345.